The van der Waals surface area contributed by atoms with Crippen LogP contribution in [0.1, 0.15) is 32.1 Å². The molecule has 1 aromatic rings. The highest BCUT2D eigenvalue weighted by molar-refractivity contribution is 6.89. The van der Waals surface area contributed by atoms with Crippen LogP contribution < -0.4 is 10.5 Å². The first-order valence-electron chi connectivity index (χ1n) is 8.46. The van der Waals surface area contributed by atoms with E-state index < -0.39 is 8.07 Å². The SMILES string of the molecule is C[Si](C)(C[C@@H]1CCC[C@@H]2NCCC[C@@H]12)c1ccccc1. The van der Waals surface area contributed by atoms with Crippen molar-refractivity contribution in [2.45, 2.75) is 57.3 Å². The molecule has 3 rings (SSSR count). The molecule has 0 aromatic heterocycles. The Morgan fingerprint density at radius 2 is 1.85 bits per heavy atom. The number of hydrogen-bond donors (Lipinski definition) is 1. The molecule has 1 heterocycles. The number of hydrogen-bond acceptors (Lipinski definition) is 1. The zero-order valence-electron chi connectivity index (χ0n) is 13.1. The number of fused-ring (bicyclic) bond motifs is 1. The van der Waals surface area contributed by atoms with E-state index in [1.54, 1.807) is 5.19 Å². The molecule has 3 atom stereocenters. The van der Waals surface area contributed by atoms with E-state index in [2.05, 4.69) is 48.7 Å². The van der Waals surface area contributed by atoms with Gasteiger partial charge in [0.25, 0.3) is 0 Å². The normalized spacial score (nSPS) is 30.8. The van der Waals surface area contributed by atoms with E-state index in [1.807, 2.05) is 0 Å². The first kappa shape index (κ1) is 14.3. The summed E-state index contributed by atoms with van der Waals surface area (Å²) in [6.45, 7) is 6.40. The van der Waals surface area contributed by atoms with Crippen molar-refractivity contribution in [3.8, 4) is 0 Å². The van der Waals surface area contributed by atoms with Crippen molar-refractivity contribution in [3.63, 3.8) is 0 Å². The van der Waals surface area contributed by atoms with Gasteiger partial charge in [0.05, 0.1) is 8.07 Å². The van der Waals surface area contributed by atoms with E-state index in [4.69, 9.17) is 0 Å². The van der Waals surface area contributed by atoms with E-state index in [9.17, 15) is 0 Å². The Morgan fingerprint density at radius 3 is 2.65 bits per heavy atom. The van der Waals surface area contributed by atoms with Gasteiger partial charge in [-0.25, -0.2) is 0 Å². The van der Waals surface area contributed by atoms with E-state index in [1.165, 1.54) is 44.7 Å². The molecule has 0 spiro atoms. The predicted octanol–water partition coefficient (Wildman–Crippen LogP) is 3.77. The second-order valence-corrected chi connectivity index (χ2v) is 12.3. The Hall–Kier alpha value is -0.603. The van der Waals surface area contributed by atoms with Gasteiger partial charge in [-0.2, -0.15) is 0 Å². The molecule has 1 N–H and O–H groups in total. The van der Waals surface area contributed by atoms with Crippen molar-refractivity contribution in [2.24, 2.45) is 11.8 Å². The fraction of sp³-hybridized carbons (Fsp3) is 0.667. The molecular formula is C18H29NSi. The number of nitrogens with one attached hydrogen (secondary N) is 1. The quantitative estimate of drug-likeness (QED) is 0.835. The van der Waals surface area contributed by atoms with Gasteiger partial charge < -0.3 is 5.32 Å². The first-order chi connectivity index (χ1) is 9.67. The highest BCUT2D eigenvalue weighted by atomic mass is 28.3. The smallest absolute Gasteiger partial charge is 0.0809 e. The average molecular weight is 288 g/mol. The minimum absolute atomic E-state index is 0.836. The summed E-state index contributed by atoms with van der Waals surface area (Å²) in [6, 6.07) is 13.6. The van der Waals surface area contributed by atoms with Gasteiger partial charge in [-0.15, -0.1) is 0 Å². The zero-order valence-corrected chi connectivity index (χ0v) is 14.1. The molecule has 20 heavy (non-hydrogen) atoms. The van der Waals surface area contributed by atoms with Crippen molar-refractivity contribution < 1.29 is 0 Å². The van der Waals surface area contributed by atoms with Crippen LogP contribution in [-0.2, 0) is 0 Å². The average Bonchev–Trinajstić information content (AvgIpc) is 2.48. The highest BCUT2D eigenvalue weighted by Gasteiger charge is 2.38. The summed E-state index contributed by atoms with van der Waals surface area (Å²) in [4.78, 5) is 0. The number of piperidine rings is 1. The molecule has 1 saturated carbocycles. The van der Waals surface area contributed by atoms with E-state index in [-0.39, 0.29) is 0 Å². The molecule has 0 radical (unpaired) electrons. The van der Waals surface area contributed by atoms with Crippen LogP contribution in [0.4, 0.5) is 0 Å². The van der Waals surface area contributed by atoms with Crippen molar-refractivity contribution in [1.29, 1.82) is 0 Å². The lowest BCUT2D eigenvalue weighted by atomic mass is 9.73. The Kier molecular flexibility index (Phi) is 4.32. The van der Waals surface area contributed by atoms with Crippen LogP contribution in [0.15, 0.2) is 30.3 Å². The Labute approximate surface area is 125 Å². The van der Waals surface area contributed by atoms with Gasteiger partial charge >= 0.3 is 0 Å². The topological polar surface area (TPSA) is 12.0 Å². The zero-order chi connectivity index (χ0) is 14.0. The maximum atomic E-state index is 3.79. The van der Waals surface area contributed by atoms with E-state index in [0.717, 1.165) is 17.9 Å². The lowest BCUT2D eigenvalue weighted by Crippen LogP contribution is -2.50. The monoisotopic (exact) mass is 287 g/mol. The number of benzene rings is 1. The van der Waals surface area contributed by atoms with Crippen molar-refractivity contribution >= 4 is 13.3 Å². The molecule has 0 bridgehead atoms. The van der Waals surface area contributed by atoms with Crippen LogP contribution in [-0.4, -0.2) is 20.7 Å². The van der Waals surface area contributed by atoms with Gasteiger partial charge in [-0.05, 0) is 37.6 Å². The molecule has 110 valence electrons. The van der Waals surface area contributed by atoms with Crippen LogP contribution >= 0.6 is 0 Å². The van der Waals surface area contributed by atoms with Gasteiger partial charge in [0.2, 0.25) is 0 Å². The van der Waals surface area contributed by atoms with Gasteiger partial charge in [-0.3, -0.25) is 0 Å². The van der Waals surface area contributed by atoms with Crippen molar-refractivity contribution in [3.05, 3.63) is 30.3 Å². The summed E-state index contributed by atoms with van der Waals surface area (Å²) in [5, 5.41) is 5.44. The third kappa shape index (κ3) is 3.01. The van der Waals surface area contributed by atoms with E-state index in [0.29, 0.717) is 0 Å². The van der Waals surface area contributed by atoms with Gasteiger partial charge in [0.15, 0.2) is 0 Å². The third-order valence-electron chi connectivity index (χ3n) is 5.66. The summed E-state index contributed by atoms with van der Waals surface area (Å²) >= 11 is 0. The lowest BCUT2D eigenvalue weighted by Gasteiger charge is -2.44. The van der Waals surface area contributed by atoms with Gasteiger partial charge in [0, 0.05) is 6.04 Å². The standard InChI is InChI=1S/C18H29NSi/c1-20(2,16-9-4-3-5-10-16)14-15-8-6-12-18-17(15)11-7-13-19-18/h3-5,9-10,15,17-19H,6-8,11-14H2,1-2H3/t15-,17-,18-/m0/s1. The van der Waals surface area contributed by atoms with E-state index >= 15 is 0 Å². The largest absolute Gasteiger partial charge is 0.314 e. The molecule has 2 aliphatic rings. The molecule has 2 heteroatoms. The fourth-order valence-corrected chi connectivity index (χ4v) is 7.74. The molecule has 1 saturated heterocycles. The molecule has 0 amide bonds. The Bertz CT molecular complexity index is 426. The molecule has 1 nitrogen and oxygen atoms in total. The van der Waals surface area contributed by atoms with Crippen molar-refractivity contribution in [2.75, 3.05) is 6.54 Å². The maximum Gasteiger partial charge on any atom is 0.0809 e. The minimum Gasteiger partial charge on any atom is -0.314 e. The summed E-state index contributed by atoms with van der Waals surface area (Å²) in [5.41, 5.74) is 0. The molecule has 0 unspecified atom stereocenters. The third-order valence-corrected chi connectivity index (χ3v) is 9.10. The molecule has 1 aliphatic carbocycles. The lowest BCUT2D eigenvalue weighted by molar-refractivity contribution is 0.149. The molecule has 2 fully saturated rings. The van der Waals surface area contributed by atoms with Crippen LogP contribution in [0, 0.1) is 11.8 Å². The highest BCUT2D eigenvalue weighted by Crippen LogP contribution is 2.39. The minimum atomic E-state index is -1.27. The van der Waals surface area contributed by atoms with Gasteiger partial charge in [0.1, 0.15) is 0 Å². The first-order valence-corrected chi connectivity index (χ1v) is 11.7. The molecule has 1 aliphatic heterocycles. The summed E-state index contributed by atoms with van der Waals surface area (Å²) in [6.07, 6.45) is 7.21. The molecule has 1 aromatic carbocycles. The molecular weight excluding hydrogens is 258 g/mol. The second-order valence-electron chi connectivity index (χ2n) is 7.51. The van der Waals surface area contributed by atoms with Crippen LogP contribution in [0.3, 0.4) is 0 Å². The number of rotatable bonds is 3. The van der Waals surface area contributed by atoms with Crippen molar-refractivity contribution in [1.82, 2.24) is 5.32 Å². The maximum absolute atomic E-state index is 3.79. The summed E-state index contributed by atoms with van der Waals surface area (Å²) in [5.74, 6) is 1.94. The Balaban J connectivity index is 1.72. The summed E-state index contributed by atoms with van der Waals surface area (Å²) < 4.78 is 0. The fourth-order valence-electron chi connectivity index (χ4n) is 4.59. The Morgan fingerprint density at radius 1 is 1.05 bits per heavy atom. The van der Waals surface area contributed by atoms with Crippen LogP contribution in [0.5, 0.6) is 0 Å². The van der Waals surface area contributed by atoms with Crippen LogP contribution in [0.25, 0.3) is 0 Å². The van der Waals surface area contributed by atoms with Crippen LogP contribution in [0.2, 0.25) is 19.1 Å². The summed E-state index contributed by atoms with van der Waals surface area (Å²) in [7, 11) is -1.27. The second kappa shape index (κ2) is 6.03. The predicted molar refractivity (Wildman–Crippen MR) is 90.2 cm³/mol. The van der Waals surface area contributed by atoms with Gasteiger partial charge in [-0.1, -0.05) is 67.5 Å².